The minimum absolute atomic E-state index is 0.0579. The number of carbonyl (C=O) groups excluding carboxylic acids is 1. The van der Waals surface area contributed by atoms with E-state index in [1.807, 2.05) is 18.2 Å². The summed E-state index contributed by atoms with van der Waals surface area (Å²) in [5, 5.41) is 9.54. The Bertz CT molecular complexity index is 695. The summed E-state index contributed by atoms with van der Waals surface area (Å²) in [6, 6.07) is 10.6. The number of anilines is 2. The largest absolute Gasteiger partial charge is 0.508 e. The summed E-state index contributed by atoms with van der Waals surface area (Å²) in [6.07, 6.45) is 0.783. The van der Waals surface area contributed by atoms with E-state index in [1.165, 1.54) is 0 Å². The van der Waals surface area contributed by atoms with E-state index in [9.17, 15) is 9.90 Å². The highest BCUT2D eigenvalue weighted by atomic mass is 16.3. The number of aryl methyl sites for hydroxylation is 1. The van der Waals surface area contributed by atoms with Gasteiger partial charge in [0.1, 0.15) is 5.75 Å². The molecule has 2 aromatic carbocycles. The Morgan fingerprint density at radius 3 is 2.85 bits per heavy atom. The molecule has 20 heavy (non-hydrogen) atoms. The molecule has 0 spiro atoms. The number of carbonyl (C=O) groups is 1. The van der Waals surface area contributed by atoms with E-state index in [2.05, 4.69) is 0 Å². The minimum Gasteiger partial charge on any atom is -0.508 e. The molecule has 0 saturated carbocycles. The first-order valence-corrected chi connectivity index (χ1v) is 6.57. The summed E-state index contributed by atoms with van der Waals surface area (Å²) in [7, 11) is 0. The molecule has 0 aromatic heterocycles. The molecule has 0 unspecified atom stereocenters. The SMILES string of the molecule is Cc1cc(C(=O)N2CCc3c(N)cccc32)ccc1O. The van der Waals surface area contributed by atoms with Gasteiger partial charge in [0.15, 0.2) is 0 Å². The molecule has 2 aromatic rings. The third-order valence-corrected chi connectivity index (χ3v) is 3.75. The number of nitrogens with two attached hydrogens (primary N) is 1. The highest BCUT2D eigenvalue weighted by Gasteiger charge is 2.26. The summed E-state index contributed by atoms with van der Waals surface area (Å²) >= 11 is 0. The van der Waals surface area contributed by atoms with Crippen molar-refractivity contribution in [3.8, 4) is 5.75 Å². The van der Waals surface area contributed by atoms with Gasteiger partial charge in [0.05, 0.1) is 0 Å². The van der Waals surface area contributed by atoms with Gasteiger partial charge >= 0.3 is 0 Å². The van der Waals surface area contributed by atoms with E-state index < -0.39 is 0 Å². The highest BCUT2D eigenvalue weighted by molar-refractivity contribution is 6.07. The average molecular weight is 268 g/mol. The van der Waals surface area contributed by atoms with Crippen molar-refractivity contribution in [1.82, 2.24) is 0 Å². The Morgan fingerprint density at radius 1 is 1.30 bits per heavy atom. The van der Waals surface area contributed by atoms with Crippen LogP contribution in [0, 0.1) is 6.92 Å². The number of aromatic hydroxyl groups is 1. The lowest BCUT2D eigenvalue weighted by atomic mass is 10.1. The molecular weight excluding hydrogens is 252 g/mol. The zero-order valence-corrected chi connectivity index (χ0v) is 11.3. The standard InChI is InChI=1S/C16H16N2O2/c1-10-9-11(5-6-15(10)19)16(20)18-8-7-12-13(17)3-2-4-14(12)18/h2-6,9,19H,7-8,17H2,1H3. The van der Waals surface area contributed by atoms with Gasteiger partial charge in [0.2, 0.25) is 0 Å². The summed E-state index contributed by atoms with van der Waals surface area (Å²) < 4.78 is 0. The molecule has 1 aliphatic heterocycles. The van der Waals surface area contributed by atoms with Crippen molar-refractivity contribution >= 4 is 17.3 Å². The second-order valence-electron chi connectivity index (χ2n) is 5.05. The Hall–Kier alpha value is -2.49. The molecule has 0 radical (unpaired) electrons. The number of nitrogens with zero attached hydrogens (tertiary/aromatic N) is 1. The summed E-state index contributed by atoms with van der Waals surface area (Å²) in [5.41, 5.74) is 9.89. The van der Waals surface area contributed by atoms with Crippen molar-refractivity contribution in [3.05, 3.63) is 53.1 Å². The van der Waals surface area contributed by atoms with Gasteiger partial charge in [-0.2, -0.15) is 0 Å². The predicted molar refractivity (Wildman–Crippen MR) is 79.1 cm³/mol. The smallest absolute Gasteiger partial charge is 0.258 e. The lowest BCUT2D eigenvalue weighted by Crippen LogP contribution is -2.28. The van der Waals surface area contributed by atoms with E-state index in [0.717, 1.165) is 23.4 Å². The number of rotatable bonds is 1. The molecule has 0 saturated heterocycles. The number of phenols is 1. The van der Waals surface area contributed by atoms with Crippen molar-refractivity contribution < 1.29 is 9.90 Å². The molecule has 1 aliphatic rings. The molecule has 3 rings (SSSR count). The van der Waals surface area contributed by atoms with Gasteiger partial charge in [-0.3, -0.25) is 4.79 Å². The predicted octanol–water partition coefficient (Wildman–Crippen LogP) is 2.49. The third-order valence-electron chi connectivity index (χ3n) is 3.75. The Kier molecular flexibility index (Phi) is 2.86. The number of benzene rings is 2. The fraction of sp³-hybridized carbons (Fsp3) is 0.188. The average Bonchev–Trinajstić information content (AvgIpc) is 2.86. The molecule has 0 atom stereocenters. The van der Waals surface area contributed by atoms with Gasteiger partial charge in [-0.05, 0) is 49.2 Å². The minimum atomic E-state index is -0.0579. The Morgan fingerprint density at radius 2 is 2.10 bits per heavy atom. The van der Waals surface area contributed by atoms with Crippen LogP contribution in [0.4, 0.5) is 11.4 Å². The maximum absolute atomic E-state index is 12.6. The summed E-state index contributed by atoms with van der Waals surface area (Å²) in [4.78, 5) is 14.3. The van der Waals surface area contributed by atoms with E-state index in [4.69, 9.17) is 5.73 Å². The summed E-state index contributed by atoms with van der Waals surface area (Å²) in [6.45, 7) is 2.42. The van der Waals surface area contributed by atoms with Crippen LogP contribution in [0.3, 0.4) is 0 Å². The second-order valence-corrected chi connectivity index (χ2v) is 5.05. The van der Waals surface area contributed by atoms with Crippen molar-refractivity contribution in [3.63, 3.8) is 0 Å². The maximum atomic E-state index is 12.6. The second kappa shape index (κ2) is 4.56. The van der Waals surface area contributed by atoms with Gasteiger partial charge in [0, 0.05) is 29.0 Å². The number of hydrogen-bond acceptors (Lipinski definition) is 3. The van der Waals surface area contributed by atoms with E-state index in [1.54, 1.807) is 30.0 Å². The monoisotopic (exact) mass is 268 g/mol. The van der Waals surface area contributed by atoms with Crippen LogP contribution in [0.25, 0.3) is 0 Å². The maximum Gasteiger partial charge on any atom is 0.258 e. The van der Waals surface area contributed by atoms with Crippen LogP contribution in [0.5, 0.6) is 5.75 Å². The number of fused-ring (bicyclic) bond motifs is 1. The number of phenolic OH excluding ortho intramolecular Hbond substituents is 1. The Labute approximate surface area is 117 Å². The first-order chi connectivity index (χ1) is 9.58. The van der Waals surface area contributed by atoms with E-state index >= 15 is 0 Å². The van der Waals surface area contributed by atoms with Gasteiger partial charge in [-0.1, -0.05) is 6.07 Å². The van der Waals surface area contributed by atoms with Crippen LogP contribution in [0.2, 0.25) is 0 Å². The highest BCUT2D eigenvalue weighted by Crippen LogP contribution is 2.33. The zero-order chi connectivity index (χ0) is 14.3. The first kappa shape index (κ1) is 12.5. The molecule has 1 heterocycles. The van der Waals surface area contributed by atoms with Crippen LogP contribution in [0.1, 0.15) is 21.5 Å². The fourth-order valence-corrected chi connectivity index (χ4v) is 2.62. The van der Waals surface area contributed by atoms with Crippen molar-refractivity contribution in [2.24, 2.45) is 0 Å². The lowest BCUT2D eigenvalue weighted by Gasteiger charge is -2.18. The van der Waals surface area contributed by atoms with Gasteiger partial charge in [-0.15, -0.1) is 0 Å². The lowest BCUT2D eigenvalue weighted by molar-refractivity contribution is 0.0989. The quantitative estimate of drug-likeness (QED) is 0.781. The van der Waals surface area contributed by atoms with Gasteiger partial charge < -0.3 is 15.7 Å². The van der Waals surface area contributed by atoms with Crippen LogP contribution >= 0.6 is 0 Å². The third kappa shape index (κ3) is 1.90. The number of nitrogen functional groups attached to an aromatic ring is 1. The molecule has 4 nitrogen and oxygen atoms in total. The normalized spacial score (nSPS) is 13.3. The first-order valence-electron chi connectivity index (χ1n) is 6.57. The topological polar surface area (TPSA) is 66.6 Å². The molecule has 0 bridgehead atoms. The number of hydrogen-bond donors (Lipinski definition) is 2. The van der Waals surface area contributed by atoms with Crippen LogP contribution < -0.4 is 10.6 Å². The molecular formula is C16H16N2O2. The van der Waals surface area contributed by atoms with Crippen molar-refractivity contribution in [1.29, 1.82) is 0 Å². The molecule has 102 valence electrons. The van der Waals surface area contributed by atoms with Crippen molar-refractivity contribution in [2.45, 2.75) is 13.3 Å². The zero-order valence-electron chi connectivity index (χ0n) is 11.3. The van der Waals surface area contributed by atoms with Crippen LogP contribution in [-0.4, -0.2) is 17.6 Å². The van der Waals surface area contributed by atoms with Crippen LogP contribution in [0.15, 0.2) is 36.4 Å². The molecule has 3 N–H and O–H groups in total. The van der Waals surface area contributed by atoms with Crippen molar-refractivity contribution in [2.75, 3.05) is 17.2 Å². The fourth-order valence-electron chi connectivity index (χ4n) is 2.62. The van der Waals surface area contributed by atoms with Crippen LogP contribution in [-0.2, 0) is 6.42 Å². The number of amides is 1. The molecule has 4 heteroatoms. The Balaban J connectivity index is 1.97. The molecule has 0 fully saturated rings. The molecule has 0 aliphatic carbocycles. The van der Waals surface area contributed by atoms with E-state index in [-0.39, 0.29) is 11.7 Å². The van der Waals surface area contributed by atoms with E-state index in [0.29, 0.717) is 17.7 Å². The molecule has 1 amide bonds. The van der Waals surface area contributed by atoms with Gasteiger partial charge in [-0.25, -0.2) is 0 Å². The van der Waals surface area contributed by atoms with Gasteiger partial charge in [0.25, 0.3) is 5.91 Å². The summed E-state index contributed by atoms with van der Waals surface area (Å²) in [5.74, 6) is 0.144.